The van der Waals surface area contributed by atoms with E-state index in [1.807, 2.05) is 13.1 Å². The van der Waals surface area contributed by atoms with Gasteiger partial charge in [-0.15, -0.1) is 0 Å². The number of aryl methyl sites for hydroxylation is 1. The molecule has 0 amide bonds. The Hall–Kier alpha value is -0.990. The van der Waals surface area contributed by atoms with E-state index < -0.39 is 0 Å². The van der Waals surface area contributed by atoms with Crippen LogP contribution in [0.15, 0.2) is 6.20 Å². The zero-order chi connectivity index (χ0) is 11.3. The molecule has 0 radical (unpaired) electrons. The van der Waals surface area contributed by atoms with E-state index in [0.29, 0.717) is 12.0 Å². The van der Waals surface area contributed by atoms with Crippen LogP contribution in [-0.2, 0) is 0 Å². The van der Waals surface area contributed by atoms with Crippen molar-refractivity contribution in [3.8, 4) is 0 Å². The molecule has 0 aliphatic rings. The first kappa shape index (κ1) is 12.1. The fourth-order valence-corrected chi connectivity index (χ4v) is 1.89. The van der Waals surface area contributed by atoms with Crippen LogP contribution in [0.1, 0.15) is 57.7 Å². The molecule has 86 valence electrons. The van der Waals surface area contributed by atoms with Crippen molar-refractivity contribution in [2.24, 2.45) is 0 Å². The summed E-state index contributed by atoms with van der Waals surface area (Å²) in [5, 5.41) is 0. The van der Waals surface area contributed by atoms with Crippen LogP contribution in [0, 0.1) is 6.92 Å². The van der Waals surface area contributed by atoms with Crippen molar-refractivity contribution >= 4 is 5.95 Å². The summed E-state index contributed by atoms with van der Waals surface area (Å²) < 4.78 is 2.08. The monoisotopic (exact) mass is 209 g/mol. The van der Waals surface area contributed by atoms with Gasteiger partial charge in [0.2, 0.25) is 5.95 Å². The second kappa shape index (κ2) is 5.79. The average molecular weight is 209 g/mol. The summed E-state index contributed by atoms with van der Waals surface area (Å²) >= 11 is 0. The van der Waals surface area contributed by atoms with Gasteiger partial charge in [-0.1, -0.05) is 32.6 Å². The van der Waals surface area contributed by atoms with Crippen molar-refractivity contribution in [1.29, 1.82) is 0 Å². The molecule has 1 unspecified atom stereocenters. The highest BCUT2D eigenvalue weighted by molar-refractivity contribution is 5.22. The van der Waals surface area contributed by atoms with Gasteiger partial charge in [-0.05, 0) is 20.3 Å². The third-order valence-corrected chi connectivity index (χ3v) is 2.83. The predicted octanol–water partition coefficient (Wildman–Crippen LogP) is 3.31. The Kier molecular flexibility index (Phi) is 4.66. The van der Waals surface area contributed by atoms with Crippen molar-refractivity contribution in [3.63, 3.8) is 0 Å². The summed E-state index contributed by atoms with van der Waals surface area (Å²) in [7, 11) is 0. The Morgan fingerprint density at radius 1 is 1.40 bits per heavy atom. The molecule has 15 heavy (non-hydrogen) atoms. The lowest BCUT2D eigenvalue weighted by Crippen LogP contribution is -2.07. The standard InChI is InChI=1S/C12H23N3/c1-4-5-6-7-8-11(3)15-9-10(2)14-12(15)13/h9,11H,4-8H2,1-3H3,(H2,13,14). The third-order valence-electron chi connectivity index (χ3n) is 2.83. The van der Waals surface area contributed by atoms with Crippen LogP contribution >= 0.6 is 0 Å². The summed E-state index contributed by atoms with van der Waals surface area (Å²) in [5.74, 6) is 0.649. The quantitative estimate of drug-likeness (QED) is 0.730. The SMILES string of the molecule is CCCCCCC(C)n1cc(C)nc1N. The van der Waals surface area contributed by atoms with Crippen LogP contribution in [0.25, 0.3) is 0 Å². The Balaban J connectivity index is 2.39. The number of aromatic nitrogens is 2. The number of nitrogen functional groups attached to an aromatic ring is 1. The summed E-state index contributed by atoms with van der Waals surface area (Å²) in [6.45, 7) is 6.43. The zero-order valence-corrected chi connectivity index (χ0v) is 10.2. The van der Waals surface area contributed by atoms with Crippen LogP contribution < -0.4 is 5.73 Å². The van der Waals surface area contributed by atoms with Gasteiger partial charge >= 0.3 is 0 Å². The van der Waals surface area contributed by atoms with E-state index in [2.05, 4.69) is 23.4 Å². The van der Waals surface area contributed by atoms with Gasteiger partial charge in [0.05, 0.1) is 5.69 Å². The Bertz CT molecular complexity index is 291. The van der Waals surface area contributed by atoms with Crippen molar-refractivity contribution < 1.29 is 0 Å². The summed E-state index contributed by atoms with van der Waals surface area (Å²) in [5.41, 5.74) is 6.83. The highest BCUT2D eigenvalue weighted by Crippen LogP contribution is 2.19. The van der Waals surface area contributed by atoms with E-state index in [1.54, 1.807) is 0 Å². The number of rotatable bonds is 6. The summed E-state index contributed by atoms with van der Waals surface area (Å²) in [4.78, 5) is 4.22. The van der Waals surface area contributed by atoms with E-state index in [4.69, 9.17) is 5.73 Å². The number of anilines is 1. The first-order chi connectivity index (χ1) is 7.15. The highest BCUT2D eigenvalue weighted by Gasteiger charge is 2.08. The van der Waals surface area contributed by atoms with Crippen LogP contribution in [0.5, 0.6) is 0 Å². The maximum atomic E-state index is 5.82. The molecule has 0 aliphatic heterocycles. The molecule has 1 atom stereocenters. The molecule has 3 heteroatoms. The normalized spacial score (nSPS) is 13.0. The lowest BCUT2D eigenvalue weighted by molar-refractivity contribution is 0.477. The Labute approximate surface area is 92.7 Å². The fraction of sp³-hybridized carbons (Fsp3) is 0.750. The number of hydrogen-bond donors (Lipinski definition) is 1. The topological polar surface area (TPSA) is 43.8 Å². The predicted molar refractivity (Wildman–Crippen MR) is 64.8 cm³/mol. The molecule has 1 rings (SSSR count). The number of hydrogen-bond acceptors (Lipinski definition) is 2. The van der Waals surface area contributed by atoms with Gasteiger partial charge in [-0.3, -0.25) is 0 Å². The van der Waals surface area contributed by atoms with Gasteiger partial charge in [-0.25, -0.2) is 4.98 Å². The third kappa shape index (κ3) is 3.57. The van der Waals surface area contributed by atoms with Gasteiger partial charge in [0, 0.05) is 12.2 Å². The summed E-state index contributed by atoms with van der Waals surface area (Å²) in [6, 6.07) is 0.475. The molecule has 0 aliphatic carbocycles. The lowest BCUT2D eigenvalue weighted by Gasteiger charge is -2.14. The van der Waals surface area contributed by atoms with Gasteiger partial charge < -0.3 is 10.3 Å². The van der Waals surface area contributed by atoms with Crippen molar-refractivity contribution in [1.82, 2.24) is 9.55 Å². The first-order valence-corrected chi connectivity index (χ1v) is 5.96. The van der Waals surface area contributed by atoms with Gasteiger partial charge in [0.15, 0.2) is 0 Å². The number of imidazole rings is 1. The molecule has 0 aromatic carbocycles. The second-order valence-corrected chi connectivity index (χ2v) is 4.35. The van der Waals surface area contributed by atoms with Gasteiger partial charge in [0.25, 0.3) is 0 Å². The van der Waals surface area contributed by atoms with E-state index in [9.17, 15) is 0 Å². The zero-order valence-electron chi connectivity index (χ0n) is 10.2. The largest absolute Gasteiger partial charge is 0.369 e. The second-order valence-electron chi connectivity index (χ2n) is 4.35. The van der Waals surface area contributed by atoms with Crippen molar-refractivity contribution in [2.45, 2.75) is 58.9 Å². The van der Waals surface area contributed by atoms with Gasteiger partial charge in [-0.2, -0.15) is 0 Å². The van der Waals surface area contributed by atoms with Crippen LogP contribution in [0.3, 0.4) is 0 Å². The molecule has 0 fully saturated rings. The molecule has 0 saturated heterocycles. The number of unbranched alkanes of at least 4 members (excludes halogenated alkanes) is 3. The Morgan fingerprint density at radius 2 is 2.13 bits per heavy atom. The van der Waals surface area contributed by atoms with Gasteiger partial charge in [0.1, 0.15) is 0 Å². The van der Waals surface area contributed by atoms with E-state index in [0.717, 1.165) is 5.69 Å². The lowest BCUT2D eigenvalue weighted by atomic mass is 10.1. The minimum atomic E-state index is 0.475. The minimum absolute atomic E-state index is 0.475. The first-order valence-electron chi connectivity index (χ1n) is 5.96. The van der Waals surface area contributed by atoms with Crippen molar-refractivity contribution in [3.05, 3.63) is 11.9 Å². The van der Waals surface area contributed by atoms with E-state index in [1.165, 1.54) is 32.1 Å². The molecular formula is C12H23N3. The van der Waals surface area contributed by atoms with E-state index in [-0.39, 0.29) is 0 Å². The highest BCUT2D eigenvalue weighted by atomic mass is 15.2. The molecule has 0 spiro atoms. The maximum Gasteiger partial charge on any atom is 0.200 e. The summed E-state index contributed by atoms with van der Waals surface area (Å²) in [6.07, 6.45) is 8.48. The smallest absolute Gasteiger partial charge is 0.200 e. The molecule has 3 nitrogen and oxygen atoms in total. The molecule has 1 aromatic heterocycles. The number of nitrogens with zero attached hydrogens (tertiary/aromatic N) is 2. The molecular weight excluding hydrogens is 186 g/mol. The average Bonchev–Trinajstić information content (AvgIpc) is 2.52. The fourth-order valence-electron chi connectivity index (χ4n) is 1.89. The molecule has 1 aromatic rings. The Morgan fingerprint density at radius 3 is 2.67 bits per heavy atom. The number of nitrogens with two attached hydrogens (primary N) is 1. The van der Waals surface area contributed by atoms with Crippen LogP contribution in [0.2, 0.25) is 0 Å². The maximum absolute atomic E-state index is 5.82. The van der Waals surface area contributed by atoms with Crippen LogP contribution in [0.4, 0.5) is 5.95 Å². The molecule has 1 heterocycles. The van der Waals surface area contributed by atoms with Crippen molar-refractivity contribution in [2.75, 3.05) is 5.73 Å². The molecule has 2 N–H and O–H groups in total. The van der Waals surface area contributed by atoms with Crippen LogP contribution in [-0.4, -0.2) is 9.55 Å². The minimum Gasteiger partial charge on any atom is -0.369 e. The molecule has 0 saturated carbocycles. The van der Waals surface area contributed by atoms with E-state index >= 15 is 0 Å². The molecule has 0 bridgehead atoms.